The molecule has 1 amide bonds. The molecule has 2 heterocycles. The molecule has 1 aliphatic rings. The van der Waals surface area contributed by atoms with Crippen molar-refractivity contribution in [3.63, 3.8) is 0 Å². The number of piperidine rings is 1. The van der Waals surface area contributed by atoms with Crippen molar-refractivity contribution < 1.29 is 13.2 Å². The molecule has 5 nitrogen and oxygen atoms in total. The van der Waals surface area contributed by atoms with Gasteiger partial charge in [-0.2, -0.15) is 4.31 Å². The monoisotopic (exact) mass is 406 g/mol. The average Bonchev–Trinajstić information content (AvgIpc) is 3.19. The topological polar surface area (TPSA) is 66.5 Å². The second-order valence-electron chi connectivity index (χ2n) is 7.22. The number of nitrogens with one attached hydrogen (secondary N) is 1. The molecule has 3 rings (SSSR count). The highest BCUT2D eigenvalue weighted by atomic mass is 32.2. The SMILES string of the molecule is Cc1ccc(C)c([C@@H](C)NC(=O)[C@H]2CCCN(S(=O)(=O)c3cccs3)C2)c1. The van der Waals surface area contributed by atoms with Crippen LogP contribution in [-0.4, -0.2) is 31.7 Å². The first-order chi connectivity index (χ1) is 12.8. The fraction of sp³-hybridized carbons (Fsp3) is 0.450. The lowest BCUT2D eigenvalue weighted by atomic mass is 9.96. The molecule has 0 spiro atoms. The summed E-state index contributed by atoms with van der Waals surface area (Å²) in [5.41, 5.74) is 3.39. The number of amides is 1. The van der Waals surface area contributed by atoms with E-state index in [9.17, 15) is 13.2 Å². The van der Waals surface area contributed by atoms with Crippen molar-refractivity contribution in [1.82, 2.24) is 9.62 Å². The van der Waals surface area contributed by atoms with Crippen molar-refractivity contribution in [2.24, 2.45) is 5.92 Å². The molecule has 1 saturated heterocycles. The Bertz CT molecular complexity index is 907. The van der Waals surface area contributed by atoms with Gasteiger partial charge in [-0.15, -0.1) is 11.3 Å². The van der Waals surface area contributed by atoms with Crippen LogP contribution in [0, 0.1) is 19.8 Å². The Balaban J connectivity index is 1.69. The van der Waals surface area contributed by atoms with E-state index < -0.39 is 10.0 Å². The van der Waals surface area contributed by atoms with Gasteiger partial charge in [0.15, 0.2) is 0 Å². The number of carbonyl (C=O) groups is 1. The molecular weight excluding hydrogens is 380 g/mol. The lowest BCUT2D eigenvalue weighted by Crippen LogP contribution is -2.45. The minimum atomic E-state index is -3.51. The number of thiophene rings is 1. The summed E-state index contributed by atoms with van der Waals surface area (Å²) in [5.74, 6) is -0.393. The minimum Gasteiger partial charge on any atom is -0.349 e. The molecule has 146 valence electrons. The van der Waals surface area contributed by atoms with Crippen molar-refractivity contribution in [3.8, 4) is 0 Å². The van der Waals surface area contributed by atoms with Crippen molar-refractivity contribution in [3.05, 3.63) is 52.4 Å². The third-order valence-corrected chi connectivity index (χ3v) is 8.34. The van der Waals surface area contributed by atoms with Gasteiger partial charge in [-0.25, -0.2) is 8.42 Å². The highest BCUT2D eigenvalue weighted by molar-refractivity contribution is 7.91. The maximum Gasteiger partial charge on any atom is 0.252 e. The molecule has 0 radical (unpaired) electrons. The Kier molecular flexibility index (Phi) is 6.03. The van der Waals surface area contributed by atoms with Gasteiger partial charge in [0.25, 0.3) is 10.0 Å². The zero-order chi connectivity index (χ0) is 19.6. The molecule has 1 aromatic carbocycles. The molecule has 0 unspecified atom stereocenters. The van der Waals surface area contributed by atoms with Crippen molar-refractivity contribution in [2.45, 2.75) is 43.9 Å². The van der Waals surface area contributed by atoms with Gasteiger partial charge in [0.2, 0.25) is 5.91 Å². The number of aryl methyl sites for hydroxylation is 2. The Morgan fingerprint density at radius 2 is 2.07 bits per heavy atom. The highest BCUT2D eigenvalue weighted by Crippen LogP contribution is 2.27. The largest absolute Gasteiger partial charge is 0.349 e. The summed E-state index contributed by atoms with van der Waals surface area (Å²) in [5, 5.41) is 4.84. The van der Waals surface area contributed by atoms with Crippen molar-refractivity contribution in [1.29, 1.82) is 0 Å². The molecule has 1 aromatic heterocycles. The first-order valence-corrected chi connectivity index (χ1v) is 11.5. The van der Waals surface area contributed by atoms with Crippen LogP contribution in [0.4, 0.5) is 0 Å². The molecule has 0 saturated carbocycles. The number of nitrogens with zero attached hydrogens (tertiary/aromatic N) is 1. The van der Waals surface area contributed by atoms with Gasteiger partial charge in [-0.3, -0.25) is 4.79 Å². The Morgan fingerprint density at radius 3 is 2.78 bits per heavy atom. The smallest absolute Gasteiger partial charge is 0.252 e. The predicted molar refractivity (Wildman–Crippen MR) is 108 cm³/mol. The van der Waals surface area contributed by atoms with Crippen LogP contribution < -0.4 is 5.32 Å². The van der Waals surface area contributed by atoms with E-state index >= 15 is 0 Å². The zero-order valence-electron chi connectivity index (χ0n) is 15.9. The standard InChI is InChI=1S/C20H26N2O3S2/c1-14-8-9-15(2)18(12-14)16(3)21-20(23)17-6-4-10-22(13-17)27(24,25)19-7-5-11-26-19/h5,7-9,11-12,16-17H,4,6,10,13H2,1-3H3,(H,21,23)/t16-,17+/m1/s1. The molecule has 2 atom stereocenters. The third kappa shape index (κ3) is 4.42. The Hall–Kier alpha value is -1.70. The van der Waals surface area contributed by atoms with Gasteiger partial charge < -0.3 is 5.32 Å². The first-order valence-electron chi connectivity index (χ1n) is 9.20. The van der Waals surface area contributed by atoms with Crippen LogP contribution in [0.1, 0.15) is 42.5 Å². The van der Waals surface area contributed by atoms with Gasteiger partial charge in [0.1, 0.15) is 4.21 Å². The van der Waals surface area contributed by atoms with Crippen LogP contribution in [-0.2, 0) is 14.8 Å². The summed E-state index contributed by atoms with van der Waals surface area (Å²) >= 11 is 1.21. The summed E-state index contributed by atoms with van der Waals surface area (Å²) in [6.07, 6.45) is 1.41. The van der Waals surface area contributed by atoms with E-state index in [2.05, 4.69) is 23.5 Å². The van der Waals surface area contributed by atoms with Gasteiger partial charge in [0, 0.05) is 13.1 Å². The average molecular weight is 407 g/mol. The van der Waals surface area contributed by atoms with Crippen LogP contribution in [0.3, 0.4) is 0 Å². The number of carbonyl (C=O) groups excluding carboxylic acids is 1. The second-order valence-corrected chi connectivity index (χ2v) is 10.3. The van der Waals surface area contributed by atoms with Crippen molar-refractivity contribution >= 4 is 27.3 Å². The molecule has 2 aromatic rings. The molecule has 1 aliphatic heterocycles. The fourth-order valence-corrected chi connectivity index (χ4v) is 6.22. The van der Waals surface area contributed by atoms with E-state index in [0.717, 1.165) is 16.7 Å². The van der Waals surface area contributed by atoms with Crippen LogP contribution in [0.5, 0.6) is 0 Å². The molecule has 7 heteroatoms. The van der Waals surface area contributed by atoms with E-state index in [1.807, 2.05) is 20.8 Å². The number of rotatable bonds is 5. The first kappa shape index (κ1) is 20.0. The maximum absolute atomic E-state index is 12.8. The number of benzene rings is 1. The third-order valence-electron chi connectivity index (χ3n) is 5.10. The van der Waals surface area contributed by atoms with Crippen LogP contribution in [0.25, 0.3) is 0 Å². The highest BCUT2D eigenvalue weighted by Gasteiger charge is 2.34. The maximum atomic E-state index is 12.8. The summed E-state index contributed by atoms with van der Waals surface area (Å²) in [4.78, 5) is 12.8. The summed E-state index contributed by atoms with van der Waals surface area (Å²) < 4.78 is 27.3. The molecule has 27 heavy (non-hydrogen) atoms. The molecule has 0 bridgehead atoms. The summed E-state index contributed by atoms with van der Waals surface area (Å²) in [7, 11) is -3.51. The normalized spacial score (nSPS) is 19.6. The Labute approximate surface area is 165 Å². The lowest BCUT2D eigenvalue weighted by Gasteiger charge is -2.31. The van der Waals surface area contributed by atoms with Crippen LogP contribution in [0.2, 0.25) is 0 Å². The van der Waals surface area contributed by atoms with E-state index in [0.29, 0.717) is 23.6 Å². The number of sulfonamides is 1. The quantitative estimate of drug-likeness (QED) is 0.824. The Morgan fingerprint density at radius 1 is 1.30 bits per heavy atom. The molecule has 1 N–H and O–H groups in total. The molecule has 1 fully saturated rings. The number of hydrogen-bond donors (Lipinski definition) is 1. The lowest BCUT2D eigenvalue weighted by molar-refractivity contribution is -0.126. The minimum absolute atomic E-state index is 0.0746. The van der Waals surface area contributed by atoms with Gasteiger partial charge in [0.05, 0.1) is 12.0 Å². The van der Waals surface area contributed by atoms with E-state index in [4.69, 9.17) is 0 Å². The van der Waals surface area contributed by atoms with E-state index in [1.165, 1.54) is 15.6 Å². The second kappa shape index (κ2) is 8.12. The predicted octanol–water partition coefficient (Wildman–Crippen LogP) is 3.64. The molecule has 0 aliphatic carbocycles. The number of hydrogen-bond acceptors (Lipinski definition) is 4. The summed E-state index contributed by atoms with van der Waals surface area (Å²) in [6, 6.07) is 9.45. The van der Waals surface area contributed by atoms with Gasteiger partial charge in [-0.05, 0) is 56.2 Å². The van der Waals surface area contributed by atoms with E-state index in [-0.39, 0.29) is 24.4 Å². The fourth-order valence-electron chi connectivity index (χ4n) is 3.55. The summed E-state index contributed by atoms with van der Waals surface area (Å²) in [6.45, 7) is 6.75. The molecular formula is C20H26N2O3S2. The zero-order valence-corrected chi connectivity index (χ0v) is 17.6. The van der Waals surface area contributed by atoms with Crippen molar-refractivity contribution in [2.75, 3.05) is 13.1 Å². The van der Waals surface area contributed by atoms with Gasteiger partial charge in [-0.1, -0.05) is 29.8 Å². The van der Waals surface area contributed by atoms with Crippen LogP contribution >= 0.6 is 11.3 Å². The van der Waals surface area contributed by atoms with Crippen LogP contribution in [0.15, 0.2) is 39.9 Å². The van der Waals surface area contributed by atoms with Gasteiger partial charge >= 0.3 is 0 Å². The van der Waals surface area contributed by atoms with E-state index in [1.54, 1.807) is 17.5 Å².